The van der Waals surface area contributed by atoms with Crippen molar-refractivity contribution in [1.82, 2.24) is 24.9 Å². The van der Waals surface area contributed by atoms with Crippen LogP contribution in [0.5, 0.6) is 5.88 Å². The molecule has 7 nitrogen and oxygen atoms in total. The SMILES string of the molecule is CCN(C(=O)c1cccc(Cl)c1-n1nccn1)C(C)COc1ccc(C(F)(F)F)cn1. The highest BCUT2D eigenvalue weighted by Gasteiger charge is 2.31. The molecule has 0 N–H and O–H groups in total. The van der Waals surface area contributed by atoms with Crippen LogP contribution >= 0.6 is 11.6 Å². The fraction of sp³-hybridized carbons (Fsp3) is 0.300. The van der Waals surface area contributed by atoms with E-state index in [1.165, 1.54) is 17.2 Å². The smallest absolute Gasteiger partial charge is 0.417 e. The fourth-order valence-corrected chi connectivity index (χ4v) is 3.21. The summed E-state index contributed by atoms with van der Waals surface area (Å²) in [7, 11) is 0. The number of carbonyl (C=O) groups is 1. The Balaban J connectivity index is 1.75. The van der Waals surface area contributed by atoms with E-state index >= 15 is 0 Å². The molecule has 1 atom stereocenters. The topological polar surface area (TPSA) is 73.1 Å². The summed E-state index contributed by atoms with van der Waals surface area (Å²) in [4.78, 5) is 19.8. The van der Waals surface area contributed by atoms with Gasteiger partial charge in [-0.3, -0.25) is 4.79 Å². The largest absolute Gasteiger partial charge is 0.475 e. The van der Waals surface area contributed by atoms with E-state index < -0.39 is 17.8 Å². The molecule has 0 saturated heterocycles. The molecule has 0 fully saturated rings. The number of alkyl halides is 3. The summed E-state index contributed by atoms with van der Waals surface area (Å²) in [6.07, 6.45) is -0.814. The molecule has 3 aromatic rings. The number of rotatable bonds is 7. The molecular weight excluding hydrogens is 435 g/mol. The third-order valence-corrected chi connectivity index (χ3v) is 4.81. The Morgan fingerprint density at radius 2 is 1.94 bits per heavy atom. The van der Waals surface area contributed by atoms with Crippen molar-refractivity contribution in [2.24, 2.45) is 0 Å². The molecule has 0 radical (unpaired) electrons. The predicted molar refractivity (Wildman–Crippen MR) is 107 cm³/mol. The first-order valence-corrected chi connectivity index (χ1v) is 9.72. The highest BCUT2D eigenvalue weighted by molar-refractivity contribution is 6.33. The number of halogens is 4. The molecule has 1 unspecified atom stereocenters. The van der Waals surface area contributed by atoms with Crippen LogP contribution in [0.2, 0.25) is 5.02 Å². The van der Waals surface area contributed by atoms with Gasteiger partial charge in [-0.05, 0) is 32.0 Å². The Morgan fingerprint density at radius 1 is 1.23 bits per heavy atom. The minimum absolute atomic E-state index is 0.0348. The quantitative estimate of drug-likeness (QED) is 0.534. The molecule has 2 heterocycles. The first-order valence-electron chi connectivity index (χ1n) is 9.34. The number of nitrogens with zero attached hydrogens (tertiary/aromatic N) is 5. The monoisotopic (exact) mass is 453 g/mol. The number of hydrogen-bond donors (Lipinski definition) is 0. The zero-order chi connectivity index (χ0) is 22.6. The minimum atomic E-state index is -4.47. The average Bonchev–Trinajstić information content (AvgIpc) is 3.26. The molecule has 3 rings (SSSR count). The fourth-order valence-electron chi connectivity index (χ4n) is 2.96. The summed E-state index contributed by atoms with van der Waals surface area (Å²) in [5, 5.41) is 8.43. The van der Waals surface area contributed by atoms with Gasteiger partial charge in [0.15, 0.2) is 0 Å². The van der Waals surface area contributed by atoms with Crippen molar-refractivity contribution in [3.63, 3.8) is 0 Å². The first-order chi connectivity index (χ1) is 14.7. The average molecular weight is 454 g/mol. The highest BCUT2D eigenvalue weighted by Crippen LogP contribution is 2.29. The van der Waals surface area contributed by atoms with E-state index in [9.17, 15) is 18.0 Å². The van der Waals surface area contributed by atoms with E-state index in [2.05, 4.69) is 15.2 Å². The second kappa shape index (κ2) is 9.34. The second-order valence-corrected chi connectivity index (χ2v) is 7.00. The van der Waals surface area contributed by atoms with Crippen LogP contribution in [0.25, 0.3) is 5.69 Å². The van der Waals surface area contributed by atoms with E-state index in [4.69, 9.17) is 16.3 Å². The van der Waals surface area contributed by atoms with Gasteiger partial charge < -0.3 is 9.64 Å². The maximum atomic E-state index is 13.3. The first kappa shape index (κ1) is 22.5. The molecule has 1 amide bonds. The van der Waals surface area contributed by atoms with Crippen molar-refractivity contribution in [2.45, 2.75) is 26.1 Å². The van der Waals surface area contributed by atoms with Crippen LogP contribution in [-0.4, -0.2) is 50.0 Å². The van der Waals surface area contributed by atoms with Crippen molar-refractivity contribution >= 4 is 17.5 Å². The number of ether oxygens (including phenoxy) is 1. The number of likely N-dealkylation sites (N-methyl/N-ethyl adjacent to an activating group) is 1. The highest BCUT2D eigenvalue weighted by atomic mass is 35.5. The van der Waals surface area contributed by atoms with Crippen LogP contribution in [0.15, 0.2) is 48.9 Å². The van der Waals surface area contributed by atoms with Gasteiger partial charge in [0.2, 0.25) is 5.88 Å². The van der Waals surface area contributed by atoms with Gasteiger partial charge in [0, 0.05) is 18.8 Å². The number of benzene rings is 1. The summed E-state index contributed by atoms with van der Waals surface area (Å²) in [6, 6.07) is 6.55. The Bertz CT molecular complexity index is 1030. The normalized spacial score (nSPS) is 12.5. The zero-order valence-corrected chi connectivity index (χ0v) is 17.4. The number of pyridine rings is 1. The molecule has 164 valence electrons. The maximum absolute atomic E-state index is 13.3. The summed E-state index contributed by atoms with van der Waals surface area (Å²) in [5.41, 5.74) is -0.195. The van der Waals surface area contributed by atoms with Gasteiger partial charge in [-0.1, -0.05) is 17.7 Å². The molecule has 0 aliphatic rings. The Labute approximate surface area is 181 Å². The minimum Gasteiger partial charge on any atom is -0.475 e. The molecule has 2 aromatic heterocycles. The number of hydrogen-bond acceptors (Lipinski definition) is 5. The summed E-state index contributed by atoms with van der Waals surface area (Å²) in [5.74, 6) is -0.277. The lowest BCUT2D eigenvalue weighted by Gasteiger charge is -2.28. The van der Waals surface area contributed by atoms with Crippen molar-refractivity contribution in [1.29, 1.82) is 0 Å². The number of aromatic nitrogens is 4. The van der Waals surface area contributed by atoms with Crippen LogP contribution in [0.1, 0.15) is 29.8 Å². The summed E-state index contributed by atoms with van der Waals surface area (Å²) >= 11 is 6.29. The van der Waals surface area contributed by atoms with Crippen LogP contribution in [-0.2, 0) is 6.18 Å². The maximum Gasteiger partial charge on any atom is 0.417 e. The van der Waals surface area contributed by atoms with Gasteiger partial charge in [0.1, 0.15) is 12.3 Å². The third-order valence-electron chi connectivity index (χ3n) is 4.51. The van der Waals surface area contributed by atoms with Crippen molar-refractivity contribution < 1.29 is 22.7 Å². The van der Waals surface area contributed by atoms with Crippen LogP contribution in [0.4, 0.5) is 13.2 Å². The molecule has 11 heteroatoms. The summed E-state index contributed by atoms with van der Waals surface area (Å²) in [6.45, 7) is 3.97. The van der Waals surface area contributed by atoms with Crippen LogP contribution < -0.4 is 4.74 Å². The lowest BCUT2D eigenvalue weighted by molar-refractivity contribution is -0.137. The Morgan fingerprint density at radius 3 is 2.52 bits per heavy atom. The molecule has 31 heavy (non-hydrogen) atoms. The van der Waals surface area contributed by atoms with E-state index in [1.807, 2.05) is 0 Å². The summed E-state index contributed by atoms with van der Waals surface area (Å²) < 4.78 is 43.5. The van der Waals surface area contributed by atoms with E-state index in [1.54, 1.807) is 36.9 Å². The molecule has 0 saturated carbocycles. The van der Waals surface area contributed by atoms with Gasteiger partial charge in [0.25, 0.3) is 5.91 Å². The van der Waals surface area contributed by atoms with Crippen molar-refractivity contribution in [2.75, 3.05) is 13.2 Å². The van der Waals surface area contributed by atoms with E-state index in [-0.39, 0.29) is 18.4 Å². The Kier molecular flexibility index (Phi) is 6.79. The molecule has 0 aliphatic carbocycles. The van der Waals surface area contributed by atoms with Gasteiger partial charge in [-0.15, -0.1) is 4.80 Å². The molecule has 0 aliphatic heterocycles. The second-order valence-electron chi connectivity index (χ2n) is 6.59. The van der Waals surface area contributed by atoms with Crippen molar-refractivity contribution in [3.8, 4) is 11.6 Å². The van der Waals surface area contributed by atoms with Gasteiger partial charge >= 0.3 is 6.18 Å². The molecule has 0 spiro atoms. The predicted octanol–water partition coefficient (Wildman–Crippen LogP) is 4.26. The van der Waals surface area contributed by atoms with E-state index in [0.29, 0.717) is 29.0 Å². The van der Waals surface area contributed by atoms with Gasteiger partial charge in [-0.2, -0.15) is 23.4 Å². The third kappa shape index (κ3) is 5.13. The lowest BCUT2D eigenvalue weighted by Crippen LogP contribution is -2.42. The lowest BCUT2D eigenvalue weighted by atomic mass is 10.1. The van der Waals surface area contributed by atoms with Gasteiger partial charge in [0.05, 0.1) is 34.6 Å². The zero-order valence-electron chi connectivity index (χ0n) is 16.7. The van der Waals surface area contributed by atoms with E-state index in [0.717, 1.165) is 12.1 Å². The van der Waals surface area contributed by atoms with Crippen LogP contribution in [0, 0.1) is 0 Å². The number of amides is 1. The number of para-hydroxylation sites is 1. The van der Waals surface area contributed by atoms with Gasteiger partial charge in [-0.25, -0.2) is 4.98 Å². The standard InChI is InChI=1S/C20H19ClF3N5O2/c1-3-28(13(2)12-31-17-8-7-14(11-25-17)20(22,23)24)19(30)15-5-4-6-16(21)18(15)29-26-9-10-27-29/h4-11,13H,3,12H2,1-2H3. The van der Waals surface area contributed by atoms with Crippen LogP contribution in [0.3, 0.4) is 0 Å². The molecule has 1 aromatic carbocycles. The molecule has 0 bridgehead atoms. The number of carbonyl (C=O) groups excluding carboxylic acids is 1. The molecular formula is C20H19ClF3N5O2. The van der Waals surface area contributed by atoms with Crippen molar-refractivity contribution in [3.05, 3.63) is 65.1 Å². The Hall–Kier alpha value is -3.14.